The van der Waals surface area contributed by atoms with E-state index in [2.05, 4.69) is 0 Å². The van der Waals surface area contributed by atoms with Crippen LogP contribution in [0.5, 0.6) is 0 Å². The van der Waals surface area contributed by atoms with Gasteiger partial charge < -0.3 is 14.2 Å². The summed E-state index contributed by atoms with van der Waals surface area (Å²) in [7, 11) is 0. The number of hydrogen-bond acceptors (Lipinski definition) is 7. The SMILES string of the molecule is CC(C)(C)OC(=O)N1C[C@H](F)C[C@@H]1C(=O)C1C(=O)OC(C)(C)OC1=O. The lowest BCUT2D eigenvalue weighted by Crippen LogP contribution is -2.54. The minimum atomic E-state index is -1.84. The zero-order valence-electron chi connectivity index (χ0n) is 14.8. The van der Waals surface area contributed by atoms with Crippen molar-refractivity contribution in [3.05, 3.63) is 0 Å². The minimum Gasteiger partial charge on any atom is -0.444 e. The first kappa shape index (κ1) is 19.1. The fourth-order valence-electron chi connectivity index (χ4n) is 2.72. The van der Waals surface area contributed by atoms with Crippen molar-refractivity contribution in [2.45, 2.75) is 64.6 Å². The number of halogens is 1. The van der Waals surface area contributed by atoms with E-state index in [1.165, 1.54) is 13.8 Å². The van der Waals surface area contributed by atoms with Gasteiger partial charge in [-0.2, -0.15) is 0 Å². The van der Waals surface area contributed by atoms with Gasteiger partial charge in [-0.3, -0.25) is 19.3 Å². The van der Waals surface area contributed by atoms with Crippen molar-refractivity contribution in [1.82, 2.24) is 4.90 Å². The van der Waals surface area contributed by atoms with E-state index < -0.39 is 53.3 Å². The van der Waals surface area contributed by atoms with Gasteiger partial charge in [0.15, 0.2) is 5.78 Å². The van der Waals surface area contributed by atoms with Crippen LogP contribution >= 0.6 is 0 Å². The molecule has 0 spiro atoms. The maximum atomic E-state index is 13.8. The van der Waals surface area contributed by atoms with Crippen molar-refractivity contribution in [3.8, 4) is 0 Å². The van der Waals surface area contributed by atoms with Gasteiger partial charge in [0.1, 0.15) is 11.8 Å². The van der Waals surface area contributed by atoms with Crippen molar-refractivity contribution in [1.29, 1.82) is 0 Å². The number of ketones is 1. The molecule has 0 unspecified atom stereocenters. The highest BCUT2D eigenvalue weighted by Crippen LogP contribution is 2.30. The molecule has 0 aromatic rings. The van der Waals surface area contributed by atoms with Crippen LogP contribution in [0.15, 0.2) is 0 Å². The zero-order chi connectivity index (χ0) is 19.2. The summed E-state index contributed by atoms with van der Waals surface area (Å²) in [4.78, 5) is 49.8. The first-order valence-electron chi connectivity index (χ1n) is 7.94. The Bertz CT molecular complexity index is 590. The van der Waals surface area contributed by atoms with Gasteiger partial charge in [0.25, 0.3) is 5.79 Å². The normalized spacial score (nSPS) is 26.9. The van der Waals surface area contributed by atoms with Crippen LogP contribution in [0, 0.1) is 5.92 Å². The Kier molecular flexibility index (Phi) is 4.80. The van der Waals surface area contributed by atoms with Gasteiger partial charge in [0.05, 0.1) is 12.6 Å². The molecule has 0 aromatic carbocycles. The molecule has 140 valence electrons. The Labute approximate surface area is 144 Å². The van der Waals surface area contributed by atoms with E-state index in [0.717, 1.165) is 4.90 Å². The summed E-state index contributed by atoms with van der Waals surface area (Å²) in [6.45, 7) is 7.23. The number of alkyl halides is 1. The molecule has 2 aliphatic heterocycles. The molecule has 2 fully saturated rings. The number of cyclic esters (lactones) is 2. The highest BCUT2D eigenvalue weighted by molar-refractivity contribution is 6.17. The average Bonchev–Trinajstić information content (AvgIpc) is 2.76. The molecule has 9 heteroatoms. The molecule has 0 saturated carbocycles. The number of likely N-dealkylation sites (tertiary alicyclic amines) is 1. The first-order chi connectivity index (χ1) is 11.3. The van der Waals surface area contributed by atoms with Gasteiger partial charge in [-0.05, 0) is 20.8 Å². The van der Waals surface area contributed by atoms with Crippen molar-refractivity contribution in [2.24, 2.45) is 5.92 Å². The summed E-state index contributed by atoms with van der Waals surface area (Å²) < 4.78 is 28.8. The van der Waals surface area contributed by atoms with Crippen LogP contribution in [0.1, 0.15) is 41.0 Å². The predicted octanol–water partition coefficient (Wildman–Crippen LogP) is 1.36. The van der Waals surface area contributed by atoms with E-state index in [0.29, 0.717) is 0 Å². The van der Waals surface area contributed by atoms with Crippen LogP contribution < -0.4 is 0 Å². The van der Waals surface area contributed by atoms with Crippen LogP contribution in [0.3, 0.4) is 0 Å². The average molecular weight is 359 g/mol. The molecule has 2 saturated heterocycles. The molecule has 0 radical (unpaired) electrons. The number of Topliss-reactive ketones (excluding diaryl/α,β-unsaturated/α-hetero) is 1. The van der Waals surface area contributed by atoms with Gasteiger partial charge in [-0.1, -0.05) is 0 Å². The van der Waals surface area contributed by atoms with Crippen molar-refractivity contribution in [3.63, 3.8) is 0 Å². The Hall–Kier alpha value is -2.19. The monoisotopic (exact) mass is 359 g/mol. The molecule has 25 heavy (non-hydrogen) atoms. The van der Waals surface area contributed by atoms with Gasteiger partial charge in [0.2, 0.25) is 5.92 Å². The largest absolute Gasteiger partial charge is 0.444 e. The number of carbonyl (C=O) groups excluding carboxylic acids is 4. The third kappa shape index (κ3) is 4.26. The lowest BCUT2D eigenvalue weighted by atomic mass is 9.95. The number of amides is 1. The smallest absolute Gasteiger partial charge is 0.411 e. The van der Waals surface area contributed by atoms with E-state index >= 15 is 0 Å². The summed E-state index contributed by atoms with van der Waals surface area (Å²) in [6, 6.07) is -1.30. The molecule has 0 N–H and O–H groups in total. The Morgan fingerprint density at radius 3 is 2.20 bits per heavy atom. The van der Waals surface area contributed by atoms with Gasteiger partial charge in [-0.25, -0.2) is 9.18 Å². The van der Waals surface area contributed by atoms with Gasteiger partial charge in [-0.15, -0.1) is 0 Å². The molecular weight excluding hydrogens is 337 g/mol. The number of nitrogens with zero attached hydrogens (tertiary/aromatic N) is 1. The van der Waals surface area contributed by atoms with Gasteiger partial charge in [0, 0.05) is 20.3 Å². The summed E-state index contributed by atoms with van der Waals surface area (Å²) in [6.07, 6.45) is -2.67. The molecule has 2 atom stereocenters. The third-order valence-electron chi connectivity index (χ3n) is 3.66. The topological polar surface area (TPSA) is 99.2 Å². The molecule has 2 aliphatic rings. The maximum absolute atomic E-state index is 13.8. The van der Waals surface area contributed by atoms with E-state index in [1.54, 1.807) is 20.8 Å². The van der Waals surface area contributed by atoms with Crippen LogP contribution in [-0.4, -0.2) is 58.9 Å². The maximum Gasteiger partial charge on any atom is 0.411 e. The van der Waals surface area contributed by atoms with Crippen molar-refractivity contribution < 1.29 is 37.8 Å². The second-order valence-corrected chi connectivity index (χ2v) is 7.56. The Morgan fingerprint density at radius 1 is 1.20 bits per heavy atom. The number of rotatable bonds is 2. The summed E-state index contributed by atoms with van der Waals surface area (Å²) in [5.41, 5.74) is -0.841. The highest BCUT2D eigenvalue weighted by Gasteiger charge is 2.52. The quantitative estimate of drug-likeness (QED) is 0.542. The lowest BCUT2D eigenvalue weighted by molar-refractivity contribution is -0.238. The van der Waals surface area contributed by atoms with Gasteiger partial charge >= 0.3 is 18.0 Å². The summed E-state index contributed by atoms with van der Waals surface area (Å²) >= 11 is 0. The van der Waals surface area contributed by atoms with Crippen LogP contribution in [0.2, 0.25) is 0 Å². The standard InChI is InChI=1S/C16H22FNO7/c1-15(2,3)25-14(22)18-7-8(17)6-9(18)11(19)10-12(20)23-16(4,5)24-13(10)21/h8-10H,6-7H2,1-5H3/t8-,9-/m1/s1. The van der Waals surface area contributed by atoms with Crippen molar-refractivity contribution >= 4 is 23.8 Å². The third-order valence-corrected chi connectivity index (χ3v) is 3.66. The van der Waals surface area contributed by atoms with E-state index in [1.807, 2.05) is 0 Å². The molecule has 0 aliphatic carbocycles. The Balaban J connectivity index is 2.20. The first-order valence-corrected chi connectivity index (χ1v) is 7.94. The molecule has 1 amide bonds. The number of esters is 2. The number of hydrogen-bond donors (Lipinski definition) is 0. The zero-order valence-corrected chi connectivity index (χ0v) is 14.8. The van der Waals surface area contributed by atoms with E-state index in [9.17, 15) is 23.6 Å². The van der Waals surface area contributed by atoms with E-state index in [4.69, 9.17) is 14.2 Å². The molecule has 0 bridgehead atoms. The predicted molar refractivity (Wildman–Crippen MR) is 81.0 cm³/mol. The fraction of sp³-hybridized carbons (Fsp3) is 0.750. The second kappa shape index (κ2) is 6.27. The van der Waals surface area contributed by atoms with Crippen LogP contribution in [0.25, 0.3) is 0 Å². The van der Waals surface area contributed by atoms with E-state index in [-0.39, 0.29) is 13.0 Å². The highest BCUT2D eigenvalue weighted by atomic mass is 19.1. The molecule has 2 rings (SSSR count). The summed E-state index contributed by atoms with van der Waals surface area (Å²) in [5, 5.41) is 0. The summed E-state index contributed by atoms with van der Waals surface area (Å²) in [5.74, 6) is -6.39. The lowest BCUT2D eigenvalue weighted by Gasteiger charge is -2.34. The Morgan fingerprint density at radius 2 is 1.72 bits per heavy atom. The minimum absolute atomic E-state index is 0.321. The molecule has 8 nitrogen and oxygen atoms in total. The number of carbonyl (C=O) groups is 4. The second-order valence-electron chi connectivity index (χ2n) is 7.56. The van der Waals surface area contributed by atoms with Crippen LogP contribution in [-0.2, 0) is 28.6 Å². The fourth-order valence-corrected chi connectivity index (χ4v) is 2.72. The number of ether oxygens (including phenoxy) is 3. The molecule has 2 heterocycles. The van der Waals surface area contributed by atoms with Crippen molar-refractivity contribution in [2.75, 3.05) is 6.54 Å². The molecule has 0 aromatic heterocycles. The van der Waals surface area contributed by atoms with Crippen LogP contribution in [0.4, 0.5) is 9.18 Å². The molecular formula is C16H22FNO7.